The third-order valence-corrected chi connectivity index (χ3v) is 2.12. The second-order valence-corrected chi connectivity index (χ2v) is 4.18. The van der Waals surface area contributed by atoms with Crippen molar-refractivity contribution in [2.24, 2.45) is 4.99 Å². The van der Waals surface area contributed by atoms with Gasteiger partial charge in [-0.15, -0.1) is 6.42 Å². The monoisotopic (exact) mass is 394 g/mol. The van der Waals surface area contributed by atoms with Crippen LogP contribution in [0.4, 0.5) is 0 Å². The molecule has 0 aromatic rings. The van der Waals surface area contributed by atoms with Gasteiger partial charge in [-0.25, -0.2) is 0 Å². The van der Waals surface area contributed by atoms with Gasteiger partial charge in [-0.1, -0.05) is 0 Å². The summed E-state index contributed by atoms with van der Waals surface area (Å²) in [5.74, 6) is 50.2. The van der Waals surface area contributed by atoms with E-state index < -0.39 is 0 Å². The molecular formula is C26H54N2. The van der Waals surface area contributed by atoms with Gasteiger partial charge in [-0.3, -0.25) is 0 Å². The van der Waals surface area contributed by atoms with Gasteiger partial charge in [0.2, 0.25) is 0 Å². The van der Waals surface area contributed by atoms with Gasteiger partial charge in [0.1, 0.15) is 5.84 Å². The molecule has 0 saturated heterocycles. The molecule has 0 fully saturated rings. The molecule has 0 N–H and O–H groups in total. The molecule has 0 aliphatic rings. The zero-order valence-electron chi connectivity index (χ0n) is 15.5. The SMILES string of the molecule is C#CC#CC#CC#CC#CC#CC#CC#CC#CC#CC#CN=C(C)N(C)C.[HH].[HH].[HH].[HH].[HH].[HH].[HH].[HH].[HH].[HH].[HH].[HH].[HH].[HH].[HH].[HH].[HH].[HH].[HH].[HH].[HH].[HH]. The lowest BCUT2D eigenvalue weighted by Gasteiger charge is -2.07. The van der Waals surface area contributed by atoms with Crippen molar-refractivity contribution in [2.75, 3.05) is 14.1 Å². The Hall–Kier alpha value is -5.37. The van der Waals surface area contributed by atoms with Crippen molar-refractivity contribution in [3.05, 3.63) is 0 Å². The van der Waals surface area contributed by atoms with Crippen molar-refractivity contribution in [3.8, 4) is 131 Å². The lowest BCUT2D eigenvalue weighted by Crippen LogP contribution is -2.17. The Morgan fingerprint density at radius 1 is 0.571 bits per heavy atom. The molecular weight excluding hydrogens is 340 g/mol. The highest BCUT2D eigenvalue weighted by atomic mass is 15.1. The Morgan fingerprint density at radius 3 is 1.14 bits per heavy atom. The van der Waals surface area contributed by atoms with Crippen molar-refractivity contribution in [1.29, 1.82) is 0 Å². The number of nitrogens with zero attached hydrogens (tertiary/aromatic N) is 2. The molecule has 168 valence electrons. The van der Waals surface area contributed by atoms with Crippen molar-refractivity contribution >= 4 is 5.84 Å². The summed E-state index contributed by atoms with van der Waals surface area (Å²) in [5, 5.41) is 0. The lowest BCUT2D eigenvalue weighted by molar-refractivity contribution is 0.619. The molecule has 0 spiro atoms. The second-order valence-electron chi connectivity index (χ2n) is 4.18. The summed E-state index contributed by atoms with van der Waals surface area (Å²) in [4.78, 5) is 5.83. The predicted molar refractivity (Wildman–Crippen MR) is 160 cm³/mol. The van der Waals surface area contributed by atoms with E-state index in [0.717, 1.165) is 5.84 Å². The molecule has 0 bridgehead atoms. The van der Waals surface area contributed by atoms with Gasteiger partial charge < -0.3 is 4.90 Å². The van der Waals surface area contributed by atoms with Crippen LogP contribution in [0.15, 0.2) is 4.99 Å². The predicted octanol–water partition coefficient (Wildman–Crippen LogP) is 6.00. The Bertz CT molecular complexity index is 1340. The molecule has 0 unspecified atom stereocenters. The van der Waals surface area contributed by atoms with E-state index in [1.807, 2.05) is 25.9 Å². The van der Waals surface area contributed by atoms with E-state index in [4.69, 9.17) is 6.42 Å². The van der Waals surface area contributed by atoms with Gasteiger partial charge >= 0.3 is 0 Å². The first kappa shape index (κ1) is 22.6. The van der Waals surface area contributed by atoms with Crippen LogP contribution in [0.1, 0.15) is 38.3 Å². The summed E-state index contributed by atoms with van der Waals surface area (Å²) in [7, 11) is 3.76. The quantitative estimate of drug-likeness (QED) is 0.279. The molecule has 28 heavy (non-hydrogen) atoms. The van der Waals surface area contributed by atoms with Crippen LogP contribution in [0.3, 0.4) is 0 Å². The number of hydrogen-bond acceptors (Lipinski definition) is 1. The summed E-state index contributed by atoms with van der Waals surface area (Å²) in [6.07, 6.45) is 4.92. The minimum absolute atomic E-state index is 0. The number of rotatable bonds is 0. The fourth-order valence-electron chi connectivity index (χ4n) is 0.804. The van der Waals surface area contributed by atoms with Crippen LogP contribution in [-0.4, -0.2) is 24.8 Å². The molecule has 0 saturated carbocycles. The number of terminal acetylenes is 1. The standard InChI is InChI=1S/C26H10N2.22H2/c1-5-6-7-8-9-10-11-12-13-14-15-16-17-18-19-20-21-22-23-24-25-27-26(2)28(3)4;;;;;;;;;;;;;;;;;;;;;;/h1H,2-4H3;22*1H. The third kappa shape index (κ3) is 17.0. The van der Waals surface area contributed by atoms with Crippen LogP contribution < -0.4 is 0 Å². The van der Waals surface area contributed by atoms with E-state index >= 15 is 0 Å². The highest BCUT2D eigenvalue weighted by molar-refractivity contribution is 5.80. The molecule has 2 nitrogen and oxygen atoms in total. The zero-order valence-corrected chi connectivity index (χ0v) is 15.5. The summed E-state index contributed by atoms with van der Waals surface area (Å²) in [5.41, 5.74) is 0. The van der Waals surface area contributed by atoms with Gasteiger partial charge in [0.25, 0.3) is 0 Å². The normalized spacial score (nSPS) is 5.86. The van der Waals surface area contributed by atoms with Gasteiger partial charge in [0.15, 0.2) is 0 Å². The van der Waals surface area contributed by atoms with E-state index in [1.54, 1.807) is 0 Å². The molecule has 0 aliphatic heterocycles. The fourth-order valence-corrected chi connectivity index (χ4v) is 0.804. The Balaban J connectivity index is -0.0000000158. The first-order valence-electron chi connectivity index (χ1n) is 7.35. The fraction of sp³-hybridized carbons (Fsp3) is 0.115. The Kier molecular flexibility index (Phi) is 14.5. The highest BCUT2D eigenvalue weighted by Gasteiger charge is 1.87. The summed E-state index contributed by atoms with van der Waals surface area (Å²) >= 11 is 0. The van der Waals surface area contributed by atoms with E-state index in [0.29, 0.717) is 0 Å². The molecule has 2 heteroatoms. The van der Waals surface area contributed by atoms with Crippen LogP contribution in [0.25, 0.3) is 0 Å². The largest absolute Gasteiger partial charge is 0.366 e. The summed E-state index contributed by atoms with van der Waals surface area (Å²) < 4.78 is 0. The van der Waals surface area contributed by atoms with E-state index in [9.17, 15) is 0 Å². The maximum Gasteiger partial charge on any atom is 0.111 e. The van der Waals surface area contributed by atoms with Crippen LogP contribution in [0.5, 0.6) is 0 Å². The molecule has 0 atom stereocenters. The summed E-state index contributed by atoms with van der Waals surface area (Å²) in [6, 6.07) is 2.57. The minimum atomic E-state index is 0. The highest BCUT2D eigenvalue weighted by Crippen LogP contribution is 1.79. The number of hydrogen-bond donors (Lipinski definition) is 0. The molecule has 0 aromatic heterocycles. The van der Waals surface area contributed by atoms with Crippen molar-refractivity contribution in [1.82, 2.24) is 4.90 Å². The van der Waals surface area contributed by atoms with Gasteiger partial charge in [0, 0.05) is 123 Å². The molecule has 0 amide bonds. The first-order chi connectivity index (χ1) is 13.7. The summed E-state index contributed by atoms with van der Waals surface area (Å²) in [6.45, 7) is 1.85. The number of aliphatic imine (C=N–C) groups is 1. The van der Waals surface area contributed by atoms with Crippen molar-refractivity contribution in [2.45, 2.75) is 6.92 Å². The molecule has 0 heterocycles. The minimum Gasteiger partial charge on any atom is -0.366 e. The topological polar surface area (TPSA) is 15.6 Å². The van der Waals surface area contributed by atoms with Crippen LogP contribution in [0.2, 0.25) is 0 Å². The average molecular weight is 395 g/mol. The van der Waals surface area contributed by atoms with Crippen LogP contribution in [0, 0.1) is 131 Å². The van der Waals surface area contributed by atoms with Crippen molar-refractivity contribution in [3.63, 3.8) is 0 Å². The van der Waals surface area contributed by atoms with E-state index in [-0.39, 0.29) is 31.4 Å². The Morgan fingerprint density at radius 2 is 0.857 bits per heavy atom. The van der Waals surface area contributed by atoms with E-state index in [2.05, 4.69) is 129 Å². The van der Waals surface area contributed by atoms with Crippen LogP contribution in [-0.2, 0) is 0 Å². The Labute approximate surface area is 200 Å². The number of amidine groups is 1. The second kappa shape index (κ2) is 18.0. The lowest BCUT2D eigenvalue weighted by atomic mass is 10.4. The molecule has 0 aliphatic carbocycles. The molecule has 0 aromatic carbocycles. The third-order valence-electron chi connectivity index (χ3n) is 2.12. The van der Waals surface area contributed by atoms with Crippen LogP contribution >= 0.6 is 0 Å². The molecule has 0 radical (unpaired) electrons. The molecule has 0 rings (SSSR count). The van der Waals surface area contributed by atoms with Gasteiger partial charge in [-0.05, 0) is 54.3 Å². The first-order valence-corrected chi connectivity index (χ1v) is 7.35. The maximum atomic E-state index is 4.92. The van der Waals surface area contributed by atoms with Gasteiger partial charge in [0.05, 0.1) is 0 Å². The average Bonchev–Trinajstić information content (AvgIpc) is 2.68. The van der Waals surface area contributed by atoms with Crippen molar-refractivity contribution < 1.29 is 31.4 Å². The smallest absolute Gasteiger partial charge is 0.111 e. The zero-order chi connectivity index (χ0) is 20.7. The van der Waals surface area contributed by atoms with E-state index in [1.165, 1.54) is 0 Å². The van der Waals surface area contributed by atoms with Gasteiger partial charge in [-0.2, -0.15) is 4.99 Å². The maximum absolute atomic E-state index is 4.92.